The summed E-state index contributed by atoms with van der Waals surface area (Å²) in [5, 5.41) is 4.11. The van der Waals surface area contributed by atoms with Gasteiger partial charge in [-0.2, -0.15) is 0 Å². The van der Waals surface area contributed by atoms with Crippen molar-refractivity contribution in [2.24, 2.45) is 0 Å². The summed E-state index contributed by atoms with van der Waals surface area (Å²) in [5.41, 5.74) is 7.63. The predicted molar refractivity (Wildman–Crippen MR) is 93.0 cm³/mol. The molecule has 23 heavy (non-hydrogen) atoms. The van der Waals surface area contributed by atoms with E-state index in [-0.39, 0.29) is 11.6 Å². The quantitative estimate of drug-likeness (QED) is 0.424. The summed E-state index contributed by atoms with van der Waals surface area (Å²) in [6.07, 6.45) is 3.95. The van der Waals surface area contributed by atoms with Crippen LogP contribution in [0.4, 0.5) is 5.69 Å². The summed E-state index contributed by atoms with van der Waals surface area (Å²) in [4.78, 5) is 23.9. The van der Waals surface area contributed by atoms with Gasteiger partial charge in [-0.1, -0.05) is 42.5 Å². The zero-order valence-corrected chi connectivity index (χ0v) is 12.2. The zero-order chi connectivity index (χ0) is 16.0. The number of carbonyl (C=O) groups is 2. The number of anilines is 1. The van der Waals surface area contributed by atoms with Crippen LogP contribution < -0.4 is 5.73 Å². The van der Waals surface area contributed by atoms with Crippen molar-refractivity contribution in [3.05, 3.63) is 72.3 Å². The van der Waals surface area contributed by atoms with E-state index in [1.807, 2.05) is 42.5 Å². The smallest absolute Gasteiger partial charge is 0.186 e. The second-order valence-electron chi connectivity index (χ2n) is 5.57. The number of nitrogens with two attached hydrogens (primary N) is 1. The van der Waals surface area contributed by atoms with Gasteiger partial charge in [0.1, 0.15) is 0 Å². The largest absolute Gasteiger partial charge is 0.398 e. The molecule has 1 aliphatic carbocycles. The van der Waals surface area contributed by atoms with Crippen molar-refractivity contribution >= 4 is 44.4 Å². The van der Waals surface area contributed by atoms with Crippen molar-refractivity contribution in [1.29, 1.82) is 0 Å². The molecule has 4 rings (SSSR count). The van der Waals surface area contributed by atoms with Crippen LogP contribution in [0.5, 0.6) is 0 Å². The number of allylic oxidation sites excluding steroid dienone is 4. The van der Waals surface area contributed by atoms with Crippen LogP contribution in [0.3, 0.4) is 0 Å². The first-order valence-corrected chi connectivity index (χ1v) is 7.33. The third kappa shape index (κ3) is 2.06. The van der Waals surface area contributed by atoms with Gasteiger partial charge in [-0.25, -0.2) is 0 Å². The average Bonchev–Trinajstić information content (AvgIpc) is 2.57. The van der Waals surface area contributed by atoms with Crippen LogP contribution in [0.1, 0.15) is 5.56 Å². The molecular weight excluding hydrogens is 286 g/mol. The Balaban J connectivity index is 2.11. The lowest BCUT2D eigenvalue weighted by Crippen LogP contribution is -2.09. The van der Waals surface area contributed by atoms with Gasteiger partial charge in [0, 0.05) is 16.8 Å². The lowest BCUT2D eigenvalue weighted by molar-refractivity contribution is -0.113. The van der Waals surface area contributed by atoms with Gasteiger partial charge < -0.3 is 5.73 Å². The average molecular weight is 299 g/mol. The molecule has 2 N–H and O–H groups in total. The maximum atomic E-state index is 12.2. The van der Waals surface area contributed by atoms with E-state index in [4.69, 9.17) is 5.73 Å². The fraction of sp³-hybridized carbons (Fsp3) is 0. The maximum absolute atomic E-state index is 12.2. The van der Waals surface area contributed by atoms with Crippen molar-refractivity contribution in [2.75, 3.05) is 5.73 Å². The van der Waals surface area contributed by atoms with Crippen molar-refractivity contribution in [3.8, 4) is 0 Å². The minimum atomic E-state index is -0.197. The van der Waals surface area contributed by atoms with Crippen LogP contribution in [-0.2, 0) is 9.59 Å². The van der Waals surface area contributed by atoms with Crippen LogP contribution in [0.2, 0.25) is 0 Å². The molecule has 3 aromatic carbocycles. The number of carbonyl (C=O) groups excluding carboxylic acids is 2. The Morgan fingerprint density at radius 2 is 1.52 bits per heavy atom. The molecule has 0 atom stereocenters. The molecule has 0 heterocycles. The van der Waals surface area contributed by atoms with E-state index >= 15 is 0 Å². The molecule has 0 saturated carbocycles. The summed E-state index contributed by atoms with van der Waals surface area (Å²) >= 11 is 0. The van der Waals surface area contributed by atoms with Gasteiger partial charge in [0.05, 0.1) is 0 Å². The zero-order valence-electron chi connectivity index (χ0n) is 12.2. The van der Waals surface area contributed by atoms with Gasteiger partial charge in [0.25, 0.3) is 0 Å². The van der Waals surface area contributed by atoms with Gasteiger partial charge in [-0.05, 0) is 45.8 Å². The number of hydrogen-bond acceptors (Lipinski definition) is 3. The minimum Gasteiger partial charge on any atom is -0.398 e. The van der Waals surface area contributed by atoms with Gasteiger partial charge in [-0.3, -0.25) is 9.59 Å². The summed E-state index contributed by atoms with van der Waals surface area (Å²) in [6, 6.07) is 15.8. The predicted octanol–water partition coefficient (Wildman–Crippen LogP) is 3.67. The minimum absolute atomic E-state index is 0.197. The van der Waals surface area contributed by atoms with Crippen LogP contribution in [0, 0.1) is 0 Å². The van der Waals surface area contributed by atoms with E-state index < -0.39 is 0 Å². The Hall–Kier alpha value is -3.20. The summed E-state index contributed by atoms with van der Waals surface area (Å²) < 4.78 is 0. The van der Waals surface area contributed by atoms with E-state index in [1.54, 1.807) is 6.07 Å². The molecule has 0 unspecified atom stereocenters. The van der Waals surface area contributed by atoms with Crippen LogP contribution >= 0.6 is 0 Å². The number of benzene rings is 3. The highest BCUT2D eigenvalue weighted by atomic mass is 16.1. The molecule has 0 amide bonds. The molecule has 0 aromatic heterocycles. The number of ketones is 2. The Morgan fingerprint density at radius 3 is 2.39 bits per heavy atom. The molecule has 0 bridgehead atoms. The second-order valence-corrected chi connectivity index (χ2v) is 5.57. The molecule has 3 nitrogen and oxygen atoms in total. The second kappa shape index (κ2) is 4.92. The third-order valence-corrected chi connectivity index (χ3v) is 4.18. The molecule has 1 aliphatic rings. The molecule has 3 heteroatoms. The molecule has 0 aliphatic heterocycles. The number of nitrogen functional groups attached to an aromatic ring is 1. The Labute approximate surface area is 132 Å². The number of fused-ring (bicyclic) bond motifs is 3. The molecular formula is C20H13NO2. The fourth-order valence-corrected chi connectivity index (χ4v) is 3.11. The fourth-order valence-electron chi connectivity index (χ4n) is 3.11. The van der Waals surface area contributed by atoms with Crippen molar-refractivity contribution in [2.45, 2.75) is 0 Å². The maximum Gasteiger partial charge on any atom is 0.186 e. The van der Waals surface area contributed by atoms with E-state index in [2.05, 4.69) is 0 Å². The first-order valence-electron chi connectivity index (χ1n) is 7.33. The number of hydrogen-bond donors (Lipinski definition) is 1. The first kappa shape index (κ1) is 13.5. The van der Waals surface area contributed by atoms with Crippen LogP contribution in [-0.4, -0.2) is 11.6 Å². The number of rotatable bonds is 1. The Kier molecular flexibility index (Phi) is 2.88. The molecule has 110 valence electrons. The summed E-state index contributed by atoms with van der Waals surface area (Å²) in [6.45, 7) is 0. The molecule has 3 aromatic rings. The normalized spacial score (nSPS) is 14.5. The third-order valence-electron chi connectivity index (χ3n) is 4.18. The monoisotopic (exact) mass is 299 g/mol. The highest BCUT2D eigenvalue weighted by Gasteiger charge is 2.20. The standard InChI is InChI=1S/C20H13NO2/c21-18-9-8-15-14-4-2-1-3-12(14)5-7-16(15)20(18)17-11-13(22)6-10-19(17)23/h1-11H,21H2. The molecule has 0 spiro atoms. The van der Waals surface area contributed by atoms with Crippen LogP contribution in [0.25, 0.3) is 27.1 Å². The molecule has 0 saturated heterocycles. The lowest BCUT2D eigenvalue weighted by Gasteiger charge is -2.14. The SMILES string of the molecule is Nc1ccc2c(ccc3ccccc32)c1C1=CC(=O)C=CC1=O. The van der Waals surface area contributed by atoms with E-state index in [0.717, 1.165) is 21.5 Å². The summed E-state index contributed by atoms with van der Waals surface area (Å²) in [7, 11) is 0. The van der Waals surface area contributed by atoms with Gasteiger partial charge in [0.15, 0.2) is 11.6 Å². The topological polar surface area (TPSA) is 60.2 Å². The van der Waals surface area contributed by atoms with Crippen molar-refractivity contribution < 1.29 is 9.59 Å². The Bertz CT molecular complexity index is 1060. The first-order chi connectivity index (χ1) is 11.1. The molecule has 0 fully saturated rings. The summed E-state index contributed by atoms with van der Waals surface area (Å²) in [5.74, 6) is -0.395. The van der Waals surface area contributed by atoms with Crippen LogP contribution in [0.15, 0.2) is 66.8 Å². The Morgan fingerprint density at radius 1 is 0.739 bits per heavy atom. The highest BCUT2D eigenvalue weighted by molar-refractivity contribution is 6.36. The highest BCUT2D eigenvalue weighted by Crippen LogP contribution is 2.35. The van der Waals surface area contributed by atoms with Crippen molar-refractivity contribution in [3.63, 3.8) is 0 Å². The lowest BCUT2D eigenvalue weighted by atomic mass is 9.89. The van der Waals surface area contributed by atoms with E-state index in [1.165, 1.54) is 18.2 Å². The van der Waals surface area contributed by atoms with Gasteiger partial charge in [0.2, 0.25) is 0 Å². The van der Waals surface area contributed by atoms with Gasteiger partial charge in [-0.15, -0.1) is 0 Å². The van der Waals surface area contributed by atoms with Crippen molar-refractivity contribution in [1.82, 2.24) is 0 Å². The van der Waals surface area contributed by atoms with E-state index in [0.29, 0.717) is 16.8 Å². The van der Waals surface area contributed by atoms with Gasteiger partial charge >= 0.3 is 0 Å². The van der Waals surface area contributed by atoms with E-state index in [9.17, 15) is 9.59 Å². The molecule has 0 radical (unpaired) electrons.